The van der Waals surface area contributed by atoms with Crippen molar-refractivity contribution in [3.8, 4) is 5.75 Å². The van der Waals surface area contributed by atoms with Gasteiger partial charge in [-0.1, -0.05) is 32.4 Å². The largest absolute Gasteiger partial charge is 0.494 e. The van der Waals surface area contributed by atoms with Crippen molar-refractivity contribution < 1.29 is 14.3 Å². The summed E-state index contributed by atoms with van der Waals surface area (Å²) in [5, 5.41) is 0. The van der Waals surface area contributed by atoms with Crippen LogP contribution >= 0.6 is 0 Å². The molecule has 5 heteroatoms. The summed E-state index contributed by atoms with van der Waals surface area (Å²) in [5.74, 6) is 0.498. The highest BCUT2D eigenvalue weighted by molar-refractivity contribution is 6.35. The average molecular weight is 356 g/mol. The zero-order valence-corrected chi connectivity index (χ0v) is 15.8. The van der Waals surface area contributed by atoms with E-state index in [1.807, 2.05) is 24.3 Å². The first-order valence-electron chi connectivity index (χ1n) is 9.76. The molecule has 0 atom stereocenters. The van der Waals surface area contributed by atoms with Crippen LogP contribution in [0.4, 0.5) is 0 Å². The van der Waals surface area contributed by atoms with Gasteiger partial charge in [0.1, 0.15) is 11.4 Å². The number of hydrogen-bond donors (Lipinski definition) is 0. The summed E-state index contributed by atoms with van der Waals surface area (Å²) < 4.78 is 5.63. The summed E-state index contributed by atoms with van der Waals surface area (Å²) in [4.78, 5) is 29.5. The number of imide groups is 1. The van der Waals surface area contributed by atoms with Crippen molar-refractivity contribution in [2.24, 2.45) is 0 Å². The van der Waals surface area contributed by atoms with Crippen molar-refractivity contribution in [2.45, 2.75) is 46.0 Å². The third-order valence-corrected chi connectivity index (χ3v) is 4.92. The number of carbonyl (C=O) groups excluding carboxylic acids is 2. The van der Waals surface area contributed by atoms with Crippen molar-refractivity contribution in [1.29, 1.82) is 0 Å². The molecule has 0 unspecified atom stereocenters. The molecule has 2 heterocycles. The van der Waals surface area contributed by atoms with Crippen molar-refractivity contribution in [3.05, 3.63) is 35.5 Å². The van der Waals surface area contributed by atoms with E-state index in [1.165, 1.54) is 4.90 Å². The topological polar surface area (TPSA) is 49.9 Å². The molecule has 0 aromatic heterocycles. The first-order chi connectivity index (χ1) is 12.7. The highest BCUT2D eigenvalue weighted by Crippen LogP contribution is 2.34. The Morgan fingerprint density at radius 1 is 0.962 bits per heavy atom. The number of ether oxygens (including phenoxy) is 1. The van der Waals surface area contributed by atoms with Gasteiger partial charge in [-0.15, -0.1) is 0 Å². The zero-order chi connectivity index (χ0) is 18.5. The minimum absolute atomic E-state index is 0.133. The summed E-state index contributed by atoms with van der Waals surface area (Å²) in [6, 6.07) is 7.55. The van der Waals surface area contributed by atoms with Crippen LogP contribution in [0.5, 0.6) is 5.75 Å². The van der Waals surface area contributed by atoms with Gasteiger partial charge < -0.3 is 9.64 Å². The highest BCUT2D eigenvalue weighted by Gasteiger charge is 2.41. The lowest BCUT2D eigenvalue weighted by atomic mass is 10.0. The van der Waals surface area contributed by atoms with E-state index in [2.05, 4.69) is 18.7 Å². The molecule has 26 heavy (non-hydrogen) atoms. The van der Waals surface area contributed by atoms with Gasteiger partial charge in [0.2, 0.25) is 0 Å². The maximum absolute atomic E-state index is 13.0. The summed E-state index contributed by atoms with van der Waals surface area (Å²) >= 11 is 0. The third kappa shape index (κ3) is 3.62. The smallest absolute Gasteiger partial charge is 0.277 e. The Morgan fingerprint density at radius 3 is 2.27 bits per heavy atom. The second kappa shape index (κ2) is 8.39. The molecule has 2 aliphatic rings. The number of amides is 2. The third-order valence-electron chi connectivity index (χ3n) is 4.92. The number of hydrogen-bond acceptors (Lipinski definition) is 4. The SMILES string of the molecule is CCCCN1C(=O)C(c2ccc(OCCC)cc2)=C(N2CCCC2)C1=O. The van der Waals surface area contributed by atoms with E-state index in [4.69, 9.17) is 4.74 Å². The number of carbonyl (C=O) groups is 2. The lowest BCUT2D eigenvalue weighted by molar-refractivity contribution is -0.137. The summed E-state index contributed by atoms with van der Waals surface area (Å²) in [5.41, 5.74) is 1.94. The molecule has 1 saturated heterocycles. The maximum atomic E-state index is 13.0. The molecular formula is C21H28N2O3. The van der Waals surface area contributed by atoms with Crippen molar-refractivity contribution in [1.82, 2.24) is 9.80 Å². The van der Waals surface area contributed by atoms with Crippen LogP contribution in [0.3, 0.4) is 0 Å². The van der Waals surface area contributed by atoms with E-state index in [9.17, 15) is 9.59 Å². The molecule has 0 aliphatic carbocycles. The second-order valence-electron chi connectivity index (χ2n) is 6.91. The molecule has 5 nitrogen and oxygen atoms in total. The van der Waals surface area contributed by atoms with Gasteiger partial charge in [-0.05, 0) is 43.4 Å². The Kier molecular flexibility index (Phi) is 5.96. The molecule has 140 valence electrons. The molecule has 1 fully saturated rings. The normalized spacial score (nSPS) is 17.6. The monoisotopic (exact) mass is 356 g/mol. The number of rotatable bonds is 8. The number of nitrogens with zero attached hydrogens (tertiary/aromatic N) is 2. The Hall–Kier alpha value is -2.30. The first kappa shape index (κ1) is 18.5. The molecule has 0 radical (unpaired) electrons. The van der Waals surface area contributed by atoms with E-state index in [0.29, 0.717) is 24.4 Å². The molecule has 0 bridgehead atoms. The van der Waals surface area contributed by atoms with Crippen molar-refractivity contribution >= 4 is 17.4 Å². The standard InChI is InChI=1S/C21H28N2O3/c1-3-5-14-23-20(24)18(19(21(23)25)22-12-6-7-13-22)16-8-10-17(11-9-16)26-15-4-2/h8-11H,3-7,12-15H2,1-2H3. The maximum Gasteiger partial charge on any atom is 0.277 e. The van der Waals surface area contributed by atoms with Gasteiger partial charge in [-0.2, -0.15) is 0 Å². The molecule has 0 spiro atoms. The summed E-state index contributed by atoms with van der Waals surface area (Å²) in [6.07, 6.45) is 4.87. The zero-order valence-electron chi connectivity index (χ0n) is 15.8. The van der Waals surface area contributed by atoms with Crippen LogP contribution in [-0.4, -0.2) is 47.9 Å². The van der Waals surface area contributed by atoms with Crippen LogP contribution in [0, 0.1) is 0 Å². The van der Waals surface area contributed by atoms with E-state index in [-0.39, 0.29) is 11.8 Å². The van der Waals surface area contributed by atoms with E-state index >= 15 is 0 Å². The van der Waals surface area contributed by atoms with E-state index in [1.54, 1.807) is 0 Å². The molecule has 1 aromatic carbocycles. The Labute approximate surface area is 155 Å². The number of unbranched alkanes of at least 4 members (excludes halogenated alkanes) is 1. The fourth-order valence-corrected chi connectivity index (χ4v) is 3.51. The van der Waals surface area contributed by atoms with Gasteiger partial charge >= 0.3 is 0 Å². The van der Waals surface area contributed by atoms with Crippen LogP contribution in [-0.2, 0) is 9.59 Å². The van der Waals surface area contributed by atoms with Gasteiger partial charge in [-0.3, -0.25) is 14.5 Å². The predicted octanol–water partition coefficient (Wildman–Crippen LogP) is 3.45. The van der Waals surface area contributed by atoms with Gasteiger partial charge in [0, 0.05) is 19.6 Å². The van der Waals surface area contributed by atoms with Gasteiger partial charge in [-0.25, -0.2) is 0 Å². The number of benzene rings is 1. The van der Waals surface area contributed by atoms with E-state index in [0.717, 1.165) is 56.5 Å². The van der Waals surface area contributed by atoms with Crippen LogP contribution in [0.25, 0.3) is 5.57 Å². The van der Waals surface area contributed by atoms with Gasteiger partial charge in [0.25, 0.3) is 11.8 Å². The number of likely N-dealkylation sites (tertiary alicyclic amines) is 1. The Bertz CT molecular complexity index is 688. The van der Waals surface area contributed by atoms with Crippen LogP contribution in [0.15, 0.2) is 30.0 Å². The molecule has 3 rings (SSSR count). The van der Waals surface area contributed by atoms with Gasteiger partial charge in [0.05, 0.1) is 12.2 Å². The quantitative estimate of drug-likeness (QED) is 0.670. The van der Waals surface area contributed by atoms with Crippen molar-refractivity contribution in [3.63, 3.8) is 0 Å². The average Bonchev–Trinajstić information content (AvgIpc) is 3.26. The summed E-state index contributed by atoms with van der Waals surface area (Å²) in [6.45, 7) is 6.98. The Morgan fingerprint density at radius 2 is 1.65 bits per heavy atom. The lowest BCUT2D eigenvalue weighted by Crippen LogP contribution is -2.35. The molecule has 2 aliphatic heterocycles. The Balaban J connectivity index is 1.93. The molecular weight excluding hydrogens is 328 g/mol. The molecule has 1 aromatic rings. The molecule has 0 saturated carbocycles. The molecule has 2 amide bonds. The molecule has 0 N–H and O–H groups in total. The van der Waals surface area contributed by atoms with Crippen molar-refractivity contribution in [2.75, 3.05) is 26.2 Å². The lowest BCUT2D eigenvalue weighted by Gasteiger charge is -2.20. The van der Waals surface area contributed by atoms with Crippen LogP contribution in [0.1, 0.15) is 51.5 Å². The fraction of sp³-hybridized carbons (Fsp3) is 0.524. The van der Waals surface area contributed by atoms with Crippen LogP contribution < -0.4 is 4.74 Å². The minimum Gasteiger partial charge on any atom is -0.494 e. The minimum atomic E-state index is -0.160. The van der Waals surface area contributed by atoms with Gasteiger partial charge in [0.15, 0.2) is 0 Å². The summed E-state index contributed by atoms with van der Waals surface area (Å²) in [7, 11) is 0. The highest BCUT2D eigenvalue weighted by atomic mass is 16.5. The van der Waals surface area contributed by atoms with Crippen LogP contribution in [0.2, 0.25) is 0 Å². The second-order valence-corrected chi connectivity index (χ2v) is 6.91. The first-order valence-corrected chi connectivity index (χ1v) is 9.76. The van der Waals surface area contributed by atoms with E-state index < -0.39 is 0 Å². The fourth-order valence-electron chi connectivity index (χ4n) is 3.51. The predicted molar refractivity (Wildman–Crippen MR) is 102 cm³/mol.